The van der Waals surface area contributed by atoms with Crippen molar-refractivity contribution in [1.82, 2.24) is 0 Å². The summed E-state index contributed by atoms with van der Waals surface area (Å²) in [6.45, 7) is 6.11. The van der Waals surface area contributed by atoms with E-state index in [0.717, 1.165) is 12.2 Å². The lowest BCUT2D eigenvalue weighted by molar-refractivity contribution is 0.0999. The maximum Gasteiger partial charge on any atom is 0.248 e. The third-order valence-electron chi connectivity index (χ3n) is 2.38. The Bertz CT molecular complexity index is 341. The second-order valence-electron chi connectivity index (χ2n) is 4.10. The molecule has 0 aliphatic carbocycles. The van der Waals surface area contributed by atoms with Crippen LogP contribution in [0.4, 0.5) is 0 Å². The van der Waals surface area contributed by atoms with Crippen molar-refractivity contribution in [3.05, 3.63) is 29.8 Å². The molecule has 1 aromatic rings. The molecule has 0 radical (unpaired) electrons. The van der Waals surface area contributed by atoms with Crippen molar-refractivity contribution in [3.63, 3.8) is 0 Å². The van der Waals surface area contributed by atoms with Gasteiger partial charge in [-0.1, -0.05) is 6.92 Å². The molecule has 0 saturated carbocycles. The van der Waals surface area contributed by atoms with Gasteiger partial charge in [0, 0.05) is 5.56 Å². The Morgan fingerprint density at radius 1 is 1.33 bits per heavy atom. The Kier molecular flexibility index (Phi) is 3.35. The predicted molar refractivity (Wildman–Crippen MR) is 60.0 cm³/mol. The number of benzene rings is 1. The van der Waals surface area contributed by atoms with Crippen molar-refractivity contribution >= 4 is 5.91 Å². The van der Waals surface area contributed by atoms with E-state index in [1.807, 2.05) is 13.8 Å². The number of hydrogen-bond donors (Lipinski definition) is 1. The molecule has 0 bridgehead atoms. The van der Waals surface area contributed by atoms with E-state index in [0.29, 0.717) is 5.56 Å². The molecule has 15 heavy (non-hydrogen) atoms. The largest absolute Gasteiger partial charge is 0.488 e. The molecule has 0 fully saturated rings. The fourth-order valence-electron chi connectivity index (χ4n) is 1.08. The lowest BCUT2D eigenvalue weighted by Crippen LogP contribution is -2.26. The molecule has 0 aliphatic rings. The van der Waals surface area contributed by atoms with Crippen molar-refractivity contribution in [3.8, 4) is 5.75 Å². The van der Waals surface area contributed by atoms with Gasteiger partial charge < -0.3 is 10.5 Å². The average Bonchev–Trinajstić information content (AvgIpc) is 2.18. The monoisotopic (exact) mass is 207 g/mol. The molecule has 3 heteroatoms. The van der Waals surface area contributed by atoms with Crippen LogP contribution < -0.4 is 10.5 Å². The Morgan fingerprint density at radius 3 is 2.27 bits per heavy atom. The Balaban J connectivity index is 2.77. The first kappa shape index (κ1) is 11.6. The summed E-state index contributed by atoms with van der Waals surface area (Å²) in [7, 11) is 0. The number of carbonyl (C=O) groups is 1. The first-order valence-electron chi connectivity index (χ1n) is 5.03. The Hall–Kier alpha value is -1.51. The van der Waals surface area contributed by atoms with Crippen LogP contribution in [0, 0.1) is 0 Å². The van der Waals surface area contributed by atoms with Gasteiger partial charge in [0.05, 0.1) is 0 Å². The third kappa shape index (κ3) is 3.27. The maximum atomic E-state index is 10.8. The molecule has 0 aliphatic heterocycles. The van der Waals surface area contributed by atoms with Gasteiger partial charge in [-0.2, -0.15) is 0 Å². The summed E-state index contributed by atoms with van der Waals surface area (Å²) in [5.74, 6) is 0.336. The minimum atomic E-state index is -0.420. The van der Waals surface area contributed by atoms with Gasteiger partial charge in [0.25, 0.3) is 0 Å². The van der Waals surface area contributed by atoms with E-state index in [9.17, 15) is 4.79 Å². The molecule has 2 N–H and O–H groups in total. The SMILES string of the molecule is CCC(C)(C)Oc1ccc(C(N)=O)cc1. The Labute approximate surface area is 90.2 Å². The topological polar surface area (TPSA) is 52.3 Å². The summed E-state index contributed by atoms with van der Waals surface area (Å²) in [4.78, 5) is 10.8. The van der Waals surface area contributed by atoms with Crippen LogP contribution in [0.15, 0.2) is 24.3 Å². The molecular formula is C12H17NO2. The molecule has 3 nitrogen and oxygen atoms in total. The van der Waals surface area contributed by atoms with Gasteiger partial charge in [-0.25, -0.2) is 0 Å². The van der Waals surface area contributed by atoms with Crippen LogP contribution in [0.5, 0.6) is 5.75 Å². The van der Waals surface area contributed by atoms with Gasteiger partial charge in [0.1, 0.15) is 11.4 Å². The van der Waals surface area contributed by atoms with Crippen molar-refractivity contribution in [2.75, 3.05) is 0 Å². The lowest BCUT2D eigenvalue weighted by atomic mass is 10.1. The second kappa shape index (κ2) is 4.34. The quantitative estimate of drug-likeness (QED) is 0.824. The summed E-state index contributed by atoms with van der Waals surface area (Å²) in [5, 5.41) is 0. The summed E-state index contributed by atoms with van der Waals surface area (Å²) in [6.07, 6.45) is 0.921. The zero-order valence-electron chi connectivity index (χ0n) is 9.41. The van der Waals surface area contributed by atoms with Crippen LogP contribution in [0.1, 0.15) is 37.6 Å². The minimum Gasteiger partial charge on any atom is -0.488 e. The van der Waals surface area contributed by atoms with Crippen LogP contribution >= 0.6 is 0 Å². The van der Waals surface area contributed by atoms with Crippen LogP contribution in [-0.2, 0) is 0 Å². The molecule has 0 heterocycles. The summed E-state index contributed by atoms with van der Waals surface area (Å²) >= 11 is 0. The molecule has 1 rings (SSSR count). The van der Waals surface area contributed by atoms with Crippen LogP contribution in [0.25, 0.3) is 0 Å². The highest BCUT2D eigenvalue weighted by Gasteiger charge is 2.16. The van der Waals surface area contributed by atoms with E-state index in [-0.39, 0.29) is 5.60 Å². The van der Waals surface area contributed by atoms with E-state index < -0.39 is 5.91 Å². The van der Waals surface area contributed by atoms with E-state index in [2.05, 4.69) is 6.92 Å². The van der Waals surface area contributed by atoms with E-state index >= 15 is 0 Å². The minimum absolute atomic E-state index is 0.186. The fourth-order valence-corrected chi connectivity index (χ4v) is 1.08. The molecule has 0 spiro atoms. The summed E-state index contributed by atoms with van der Waals surface area (Å²) in [5.41, 5.74) is 5.45. The number of rotatable bonds is 4. The van der Waals surface area contributed by atoms with E-state index in [4.69, 9.17) is 10.5 Å². The van der Waals surface area contributed by atoms with Gasteiger partial charge in [-0.05, 0) is 44.5 Å². The van der Waals surface area contributed by atoms with Crippen molar-refractivity contribution in [2.45, 2.75) is 32.8 Å². The molecule has 82 valence electrons. The highest BCUT2D eigenvalue weighted by Crippen LogP contribution is 2.20. The number of amides is 1. The molecule has 0 saturated heterocycles. The highest BCUT2D eigenvalue weighted by atomic mass is 16.5. The first-order valence-corrected chi connectivity index (χ1v) is 5.03. The standard InChI is InChI=1S/C12H17NO2/c1-4-12(2,3)15-10-7-5-9(6-8-10)11(13)14/h5-8H,4H2,1-3H3,(H2,13,14). The average molecular weight is 207 g/mol. The lowest BCUT2D eigenvalue weighted by Gasteiger charge is -2.24. The van der Waals surface area contributed by atoms with Crippen LogP contribution in [0.2, 0.25) is 0 Å². The van der Waals surface area contributed by atoms with Crippen LogP contribution in [-0.4, -0.2) is 11.5 Å². The summed E-state index contributed by atoms with van der Waals surface area (Å²) in [6, 6.07) is 6.86. The zero-order chi connectivity index (χ0) is 11.5. The predicted octanol–water partition coefficient (Wildman–Crippen LogP) is 2.35. The number of ether oxygens (including phenoxy) is 1. The molecular weight excluding hydrogens is 190 g/mol. The van der Waals surface area contributed by atoms with Crippen molar-refractivity contribution in [1.29, 1.82) is 0 Å². The Morgan fingerprint density at radius 2 is 1.87 bits per heavy atom. The molecule has 0 atom stereocenters. The molecule has 1 aromatic carbocycles. The van der Waals surface area contributed by atoms with E-state index in [1.165, 1.54) is 0 Å². The highest BCUT2D eigenvalue weighted by molar-refractivity contribution is 5.92. The number of hydrogen-bond acceptors (Lipinski definition) is 2. The zero-order valence-corrected chi connectivity index (χ0v) is 9.41. The smallest absolute Gasteiger partial charge is 0.248 e. The third-order valence-corrected chi connectivity index (χ3v) is 2.38. The first-order chi connectivity index (χ1) is 6.94. The number of primary amides is 1. The fraction of sp³-hybridized carbons (Fsp3) is 0.417. The van der Waals surface area contributed by atoms with Gasteiger partial charge >= 0.3 is 0 Å². The summed E-state index contributed by atoms with van der Waals surface area (Å²) < 4.78 is 5.73. The normalized spacial score (nSPS) is 11.1. The van der Waals surface area contributed by atoms with Crippen molar-refractivity contribution < 1.29 is 9.53 Å². The van der Waals surface area contributed by atoms with E-state index in [1.54, 1.807) is 24.3 Å². The van der Waals surface area contributed by atoms with Crippen LogP contribution in [0.3, 0.4) is 0 Å². The number of carbonyl (C=O) groups excluding carboxylic acids is 1. The van der Waals surface area contributed by atoms with Gasteiger partial charge in [-0.3, -0.25) is 4.79 Å². The van der Waals surface area contributed by atoms with Gasteiger partial charge in [0.2, 0.25) is 5.91 Å². The second-order valence-corrected chi connectivity index (χ2v) is 4.10. The molecule has 0 aromatic heterocycles. The molecule has 0 unspecified atom stereocenters. The van der Waals surface area contributed by atoms with Gasteiger partial charge in [0.15, 0.2) is 0 Å². The maximum absolute atomic E-state index is 10.8. The molecule has 1 amide bonds. The van der Waals surface area contributed by atoms with Gasteiger partial charge in [-0.15, -0.1) is 0 Å². The number of nitrogens with two attached hydrogens (primary N) is 1. The van der Waals surface area contributed by atoms with Crippen molar-refractivity contribution in [2.24, 2.45) is 5.73 Å².